The number of aromatic nitrogens is 2. The summed E-state index contributed by atoms with van der Waals surface area (Å²) in [5.74, 6) is 0.571. The van der Waals surface area contributed by atoms with E-state index < -0.39 is 23.9 Å². The van der Waals surface area contributed by atoms with Crippen molar-refractivity contribution in [3.8, 4) is 0 Å². The zero-order valence-corrected chi connectivity index (χ0v) is 21.7. The Bertz CT molecular complexity index is 1070. The van der Waals surface area contributed by atoms with Gasteiger partial charge in [0.05, 0.1) is 16.7 Å². The third kappa shape index (κ3) is 5.00. The van der Waals surface area contributed by atoms with Gasteiger partial charge in [0.25, 0.3) is 0 Å². The van der Waals surface area contributed by atoms with E-state index in [9.17, 15) is 4.79 Å². The molecule has 184 valence electrons. The summed E-state index contributed by atoms with van der Waals surface area (Å²) in [4.78, 5) is 23.5. The van der Waals surface area contributed by atoms with Crippen molar-refractivity contribution in [1.29, 1.82) is 0 Å². The summed E-state index contributed by atoms with van der Waals surface area (Å²) >= 11 is 0. The van der Waals surface area contributed by atoms with Crippen molar-refractivity contribution >= 4 is 35.5 Å². The second-order valence-electron chi connectivity index (χ2n) is 11.3. The van der Waals surface area contributed by atoms with E-state index in [4.69, 9.17) is 19.0 Å². The molecule has 0 saturated carbocycles. The van der Waals surface area contributed by atoms with Crippen LogP contribution in [0.2, 0.25) is 0 Å². The van der Waals surface area contributed by atoms with Crippen LogP contribution in [0.5, 0.6) is 0 Å². The SMILES string of the molecule is CCc1cc(B2OC(C)(C)C(C)(C)O2)cc2cnc(N[C@H]3CCN(C(=O)OC(C)(C)C)C3)nc12. The minimum absolute atomic E-state index is 0.0825. The highest BCUT2D eigenvalue weighted by Crippen LogP contribution is 2.36. The van der Waals surface area contributed by atoms with Gasteiger partial charge in [0.1, 0.15) is 5.60 Å². The van der Waals surface area contributed by atoms with Gasteiger partial charge in [-0.3, -0.25) is 0 Å². The number of fused-ring (bicyclic) bond motifs is 1. The van der Waals surface area contributed by atoms with Crippen LogP contribution in [0.1, 0.15) is 67.4 Å². The van der Waals surface area contributed by atoms with Crippen molar-refractivity contribution in [3.63, 3.8) is 0 Å². The monoisotopic (exact) mass is 468 g/mol. The predicted octanol–water partition coefficient (Wildman–Crippen LogP) is 3.91. The average molecular weight is 468 g/mol. The highest BCUT2D eigenvalue weighted by Gasteiger charge is 2.51. The first kappa shape index (κ1) is 24.7. The van der Waals surface area contributed by atoms with Gasteiger partial charge in [0, 0.05) is 30.7 Å². The smallest absolute Gasteiger partial charge is 0.444 e. The van der Waals surface area contributed by atoms with Gasteiger partial charge in [-0.2, -0.15) is 0 Å². The summed E-state index contributed by atoms with van der Waals surface area (Å²) in [6, 6.07) is 4.26. The largest absolute Gasteiger partial charge is 0.494 e. The molecule has 0 bridgehead atoms. The number of carbonyl (C=O) groups excluding carboxylic acids is 1. The topological polar surface area (TPSA) is 85.8 Å². The van der Waals surface area contributed by atoms with Gasteiger partial charge in [-0.15, -0.1) is 0 Å². The van der Waals surface area contributed by atoms with E-state index in [-0.39, 0.29) is 12.1 Å². The maximum Gasteiger partial charge on any atom is 0.494 e. The first-order chi connectivity index (χ1) is 15.8. The molecule has 1 amide bonds. The molecular weight excluding hydrogens is 431 g/mol. The normalized spacial score (nSPS) is 21.8. The molecule has 34 heavy (non-hydrogen) atoms. The number of nitrogens with zero attached hydrogens (tertiary/aromatic N) is 3. The van der Waals surface area contributed by atoms with Crippen LogP contribution in [0.3, 0.4) is 0 Å². The molecule has 3 heterocycles. The fourth-order valence-electron chi connectivity index (χ4n) is 4.25. The van der Waals surface area contributed by atoms with Crippen LogP contribution in [-0.2, 0) is 20.5 Å². The van der Waals surface area contributed by atoms with Gasteiger partial charge < -0.3 is 24.3 Å². The lowest BCUT2D eigenvalue weighted by atomic mass is 9.77. The van der Waals surface area contributed by atoms with E-state index in [0.29, 0.717) is 19.0 Å². The maximum atomic E-state index is 12.4. The predicted molar refractivity (Wildman–Crippen MR) is 134 cm³/mol. The lowest BCUT2D eigenvalue weighted by Gasteiger charge is -2.32. The van der Waals surface area contributed by atoms with Gasteiger partial charge in [-0.1, -0.05) is 19.1 Å². The van der Waals surface area contributed by atoms with Crippen LogP contribution < -0.4 is 10.8 Å². The van der Waals surface area contributed by atoms with E-state index in [2.05, 4.69) is 57.1 Å². The molecule has 8 nitrogen and oxygen atoms in total. The molecule has 0 unspecified atom stereocenters. The quantitative estimate of drug-likeness (QED) is 0.681. The number of anilines is 1. The standard InChI is InChI=1S/C25H37BN4O4/c1-9-16-12-18(26-33-24(5,6)25(7,8)34-26)13-17-14-27-21(29-20(16)17)28-19-10-11-30(15-19)22(31)32-23(2,3)4/h12-14,19H,9-11,15H2,1-8H3,(H,27,28,29)/t19-/m0/s1. The Labute approximate surface area is 202 Å². The Hall–Kier alpha value is -2.39. The molecule has 4 rings (SSSR count). The molecule has 1 aromatic heterocycles. The van der Waals surface area contributed by atoms with E-state index in [1.165, 1.54) is 0 Å². The van der Waals surface area contributed by atoms with Crippen molar-refractivity contribution in [2.45, 2.75) is 91.1 Å². The minimum Gasteiger partial charge on any atom is -0.444 e. The number of hydrogen-bond acceptors (Lipinski definition) is 7. The molecule has 1 N–H and O–H groups in total. The maximum absolute atomic E-state index is 12.4. The summed E-state index contributed by atoms with van der Waals surface area (Å²) in [5, 5.41) is 4.36. The molecule has 0 spiro atoms. The third-order valence-corrected chi connectivity index (χ3v) is 6.86. The first-order valence-corrected chi connectivity index (χ1v) is 12.2. The first-order valence-electron chi connectivity index (χ1n) is 12.2. The van der Waals surface area contributed by atoms with Crippen LogP contribution in [0.4, 0.5) is 10.7 Å². The molecule has 2 aromatic rings. The van der Waals surface area contributed by atoms with Gasteiger partial charge in [-0.25, -0.2) is 14.8 Å². The second-order valence-corrected chi connectivity index (χ2v) is 11.3. The fourth-order valence-corrected chi connectivity index (χ4v) is 4.25. The van der Waals surface area contributed by atoms with Crippen LogP contribution in [0.15, 0.2) is 18.3 Å². The zero-order valence-electron chi connectivity index (χ0n) is 21.7. The molecule has 9 heteroatoms. The Morgan fingerprint density at radius 2 is 1.91 bits per heavy atom. The summed E-state index contributed by atoms with van der Waals surface area (Å²) in [7, 11) is -0.421. The fraction of sp³-hybridized carbons (Fsp3) is 0.640. The van der Waals surface area contributed by atoms with E-state index in [1.807, 2.05) is 27.0 Å². The summed E-state index contributed by atoms with van der Waals surface area (Å²) in [6.07, 6.45) is 3.22. The van der Waals surface area contributed by atoms with E-state index in [0.717, 1.165) is 34.8 Å². The van der Waals surface area contributed by atoms with Crippen molar-refractivity contribution in [2.24, 2.45) is 0 Å². The number of benzene rings is 1. The van der Waals surface area contributed by atoms with Gasteiger partial charge in [0.2, 0.25) is 5.95 Å². The highest BCUT2D eigenvalue weighted by molar-refractivity contribution is 6.62. The zero-order chi connectivity index (χ0) is 24.9. The Morgan fingerprint density at radius 1 is 1.24 bits per heavy atom. The lowest BCUT2D eigenvalue weighted by Crippen LogP contribution is -2.41. The van der Waals surface area contributed by atoms with Crippen molar-refractivity contribution in [1.82, 2.24) is 14.9 Å². The Balaban J connectivity index is 1.50. The van der Waals surface area contributed by atoms with Crippen LogP contribution >= 0.6 is 0 Å². The summed E-state index contributed by atoms with van der Waals surface area (Å²) in [5.41, 5.74) is 1.74. The molecule has 2 fully saturated rings. The molecule has 2 aliphatic rings. The summed E-state index contributed by atoms with van der Waals surface area (Å²) < 4.78 is 18.0. The molecule has 2 aliphatic heterocycles. The number of aryl methyl sites for hydroxylation is 1. The van der Waals surface area contributed by atoms with Crippen LogP contribution in [0, 0.1) is 0 Å². The van der Waals surface area contributed by atoms with Gasteiger partial charge in [-0.05, 0) is 72.3 Å². The molecule has 0 aliphatic carbocycles. The lowest BCUT2D eigenvalue weighted by molar-refractivity contribution is 0.00578. The summed E-state index contributed by atoms with van der Waals surface area (Å²) in [6.45, 7) is 17.2. The third-order valence-electron chi connectivity index (χ3n) is 6.86. The average Bonchev–Trinajstić information content (AvgIpc) is 3.27. The number of amides is 1. The van der Waals surface area contributed by atoms with E-state index >= 15 is 0 Å². The van der Waals surface area contributed by atoms with Gasteiger partial charge in [0.15, 0.2) is 0 Å². The van der Waals surface area contributed by atoms with Crippen LogP contribution in [0.25, 0.3) is 10.9 Å². The second kappa shape index (κ2) is 8.68. The van der Waals surface area contributed by atoms with Crippen LogP contribution in [-0.4, -0.2) is 64.0 Å². The number of nitrogens with one attached hydrogen (secondary N) is 1. The van der Waals surface area contributed by atoms with Crippen molar-refractivity contribution < 1.29 is 18.8 Å². The molecule has 1 atom stereocenters. The highest BCUT2D eigenvalue weighted by atomic mass is 16.7. The Morgan fingerprint density at radius 3 is 2.53 bits per heavy atom. The molecule has 2 saturated heterocycles. The molecule has 1 aromatic carbocycles. The Kier molecular flexibility index (Phi) is 6.31. The number of carbonyl (C=O) groups is 1. The number of ether oxygens (including phenoxy) is 1. The van der Waals surface area contributed by atoms with Crippen molar-refractivity contribution in [3.05, 3.63) is 23.9 Å². The minimum atomic E-state index is -0.500. The van der Waals surface area contributed by atoms with E-state index in [1.54, 1.807) is 4.90 Å². The number of likely N-dealkylation sites (tertiary alicyclic amines) is 1. The number of rotatable bonds is 4. The van der Waals surface area contributed by atoms with Crippen molar-refractivity contribution in [2.75, 3.05) is 18.4 Å². The molecular formula is C25H37BN4O4. The molecule has 0 radical (unpaired) electrons. The number of hydrogen-bond donors (Lipinski definition) is 1. The van der Waals surface area contributed by atoms with Gasteiger partial charge >= 0.3 is 13.2 Å².